The van der Waals surface area contributed by atoms with Gasteiger partial charge in [0.15, 0.2) is 0 Å². The number of halogens is 2. The highest BCUT2D eigenvalue weighted by Gasteiger charge is 2.31. The third-order valence-electron chi connectivity index (χ3n) is 4.86. The first-order valence-electron chi connectivity index (χ1n) is 8.01. The largest absolute Gasteiger partial charge is 0.366 e. The first-order chi connectivity index (χ1) is 10.4. The highest BCUT2D eigenvalue weighted by atomic mass is 35.5. The van der Waals surface area contributed by atoms with Crippen LogP contribution in [0.5, 0.6) is 0 Å². The van der Waals surface area contributed by atoms with E-state index >= 15 is 0 Å². The van der Waals surface area contributed by atoms with Crippen molar-refractivity contribution in [3.63, 3.8) is 0 Å². The second-order valence-corrected chi connectivity index (χ2v) is 6.24. The van der Waals surface area contributed by atoms with Gasteiger partial charge in [-0.2, -0.15) is 0 Å². The highest BCUT2D eigenvalue weighted by Crippen LogP contribution is 2.32. The van der Waals surface area contributed by atoms with Crippen molar-refractivity contribution < 1.29 is 0 Å². The van der Waals surface area contributed by atoms with Gasteiger partial charge in [-0.25, -0.2) is 0 Å². The molecule has 23 heavy (non-hydrogen) atoms. The standard InChI is InChI=1S/C19H22N2.2ClH/c1-2-6-16(7-3-1)14-20-12-13-21-18(15-20)11-10-17-8-4-5-9-19(17)21;;/h1-9,18H,10-15H2;2*1H. The van der Waals surface area contributed by atoms with E-state index in [4.69, 9.17) is 0 Å². The monoisotopic (exact) mass is 350 g/mol. The molecule has 0 radical (unpaired) electrons. The summed E-state index contributed by atoms with van der Waals surface area (Å²) >= 11 is 0. The Kier molecular flexibility index (Phi) is 6.34. The Bertz CT molecular complexity index is 618. The molecule has 0 aromatic heterocycles. The van der Waals surface area contributed by atoms with Crippen LogP contribution in [-0.4, -0.2) is 30.6 Å². The zero-order chi connectivity index (χ0) is 14.1. The normalized spacial score (nSPS) is 19.8. The van der Waals surface area contributed by atoms with Gasteiger partial charge in [0.2, 0.25) is 0 Å². The Morgan fingerprint density at radius 3 is 2.43 bits per heavy atom. The molecule has 124 valence electrons. The van der Waals surface area contributed by atoms with E-state index in [0.29, 0.717) is 6.04 Å². The minimum absolute atomic E-state index is 0. The molecule has 2 heterocycles. The number of piperazine rings is 1. The van der Waals surface area contributed by atoms with E-state index in [2.05, 4.69) is 64.4 Å². The zero-order valence-electron chi connectivity index (χ0n) is 13.2. The van der Waals surface area contributed by atoms with Gasteiger partial charge in [-0.05, 0) is 30.0 Å². The van der Waals surface area contributed by atoms with Gasteiger partial charge in [0.1, 0.15) is 0 Å². The molecule has 1 unspecified atom stereocenters. The predicted octanol–water partition coefficient (Wildman–Crippen LogP) is 4.17. The number of para-hydroxylation sites is 1. The lowest BCUT2D eigenvalue weighted by Crippen LogP contribution is -2.54. The molecular formula is C19H24Cl2N2. The molecule has 2 aromatic rings. The third kappa shape index (κ3) is 3.82. The van der Waals surface area contributed by atoms with Crippen LogP contribution in [0.15, 0.2) is 54.6 Å². The first-order valence-corrected chi connectivity index (χ1v) is 8.01. The molecule has 4 rings (SSSR count). The van der Waals surface area contributed by atoms with Crippen molar-refractivity contribution >= 4 is 30.5 Å². The van der Waals surface area contributed by atoms with E-state index in [1.54, 1.807) is 0 Å². The van der Waals surface area contributed by atoms with Crippen LogP contribution in [0.25, 0.3) is 0 Å². The number of nitrogens with zero attached hydrogens (tertiary/aromatic N) is 2. The van der Waals surface area contributed by atoms with Gasteiger partial charge >= 0.3 is 0 Å². The summed E-state index contributed by atoms with van der Waals surface area (Å²) in [6, 6.07) is 20.5. The predicted molar refractivity (Wildman–Crippen MR) is 102 cm³/mol. The number of anilines is 1. The van der Waals surface area contributed by atoms with Crippen LogP contribution in [-0.2, 0) is 13.0 Å². The number of aryl methyl sites for hydroxylation is 1. The summed E-state index contributed by atoms with van der Waals surface area (Å²) < 4.78 is 0. The van der Waals surface area contributed by atoms with E-state index in [1.807, 2.05) is 0 Å². The Hall–Kier alpha value is -1.22. The molecule has 1 atom stereocenters. The van der Waals surface area contributed by atoms with Crippen LogP contribution in [0, 0.1) is 0 Å². The summed E-state index contributed by atoms with van der Waals surface area (Å²) in [6.45, 7) is 4.62. The maximum absolute atomic E-state index is 2.64. The summed E-state index contributed by atoms with van der Waals surface area (Å²) in [7, 11) is 0. The maximum atomic E-state index is 2.64. The smallest absolute Gasteiger partial charge is 0.0421 e. The highest BCUT2D eigenvalue weighted by molar-refractivity contribution is 5.85. The molecule has 0 saturated carbocycles. The van der Waals surface area contributed by atoms with Crippen molar-refractivity contribution in [2.75, 3.05) is 24.5 Å². The summed E-state index contributed by atoms with van der Waals surface area (Å²) in [5, 5.41) is 0. The fraction of sp³-hybridized carbons (Fsp3) is 0.368. The van der Waals surface area contributed by atoms with Crippen molar-refractivity contribution in [1.82, 2.24) is 4.90 Å². The second kappa shape index (κ2) is 8.05. The molecule has 2 aliphatic heterocycles. The molecule has 0 aliphatic carbocycles. The zero-order valence-corrected chi connectivity index (χ0v) is 14.9. The molecule has 1 saturated heterocycles. The van der Waals surface area contributed by atoms with E-state index in [1.165, 1.54) is 42.7 Å². The number of rotatable bonds is 2. The fourth-order valence-electron chi connectivity index (χ4n) is 3.79. The quantitative estimate of drug-likeness (QED) is 0.801. The second-order valence-electron chi connectivity index (χ2n) is 6.24. The lowest BCUT2D eigenvalue weighted by Gasteiger charge is -2.46. The van der Waals surface area contributed by atoms with Gasteiger partial charge in [0.05, 0.1) is 0 Å². The van der Waals surface area contributed by atoms with Crippen LogP contribution in [0.4, 0.5) is 5.69 Å². The molecule has 4 heteroatoms. The number of hydrogen-bond donors (Lipinski definition) is 0. The molecule has 0 spiro atoms. The number of benzene rings is 2. The van der Waals surface area contributed by atoms with Gasteiger partial charge < -0.3 is 4.90 Å². The molecule has 0 amide bonds. The van der Waals surface area contributed by atoms with E-state index in [-0.39, 0.29) is 24.8 Å². The average Bonchev–Trinajstić information content (AvgIpc) is 2.55. The van der Waals surface area contributed by atoms with Crippen molar-refractivity contribution in [2.24, 2.45) is 0 Å². The fourth-order valence-corrected chi connectivity index (χ4v) is 3.79. The van der Waals surface area contributed by atoms with Gasteiger partial charge in [-0.3, -0.25) is 4.90 Å². The molecule has 0 bridgehead atoms. The molecule has 2 nitrogen and oxygen atoms in total. The lowest BCUT2D eigenvalue weighted by atomic mass is 9.94. The van der Waals surface area contributed by atoms with Gasteiger partial charge in [0, 0.05) is 37.9 Å². The Morgan fingerprint density at radius 1 is 0.870 bits per heavy atom. The SMILES string of the molecule is Cl.Cl.c1ccc(CN2CCN3c4ccccc4CCC3C2)cc1. The summed E-state index contributed by atoms with van der Waals surface area (Å²) in [5.74, 6) is 0. The summed E-state index contributed by atoms with van der Waals surface area (Å²) in [4.78, 5) is 5.25. The molecule has 2 aromatic carbocycles. The van der Waals surface area contributed by atoms with Gasteiger partial charge in [-0.1, -0.05) is 48.5 Å². The minimum Gasteiger partial charge on any atom is -0.366 e. The lowest BCUT2D eigenvalue weighted by molar-refractivity contribution is 0.207. The summed E-state index contributed by atoms with van der Waals surface area (Å²) in [5.41, 5.74) is 4.44. The first kappa shape index (κ1) is 18.1. The topological polar surface area (TPSA) is 6.48 Å². The van der Waals surface area contributed by atoms with Crippen molar-refractivity contribution in [2.45, 2.75) is 25.4 Å². The maximum Gasteiger partial charge on any atom is 0.0421 e. The number of hydrogen-bond acceptors (Lipinski definition) is 2. The summed E-state index contributed by atoms with van der Waals surface area (Å²) in [6.07, 6.45) is 2.53. The van der Waals surface area contributed by atoms with Crippen LogP contribution in [0.1, 0.15) is 17.5 Å². The van der Waals surface area contributed by atoms with Crippen molar-refractivity contribution in [3.8, 4) is 0 Å². The number of fused-ring (bicyclic) bond motifs is 3. The van der Waals surface area contributed by atoms with Gasteiger partial charge in [0.25, 0.3) is 0 Å². The van der Waals surface area contributed by atoms with E-state index in [0.717, 1.165) is 13.1 Å². The van der Waals surface area contributed by atoms with Crippen LogP contribution < -0.4 is 4.90 Å². The molecular weight excluding hydrogens is 327 g/mol. The Balaban J connectivity index is 0.000000960. The van der Waals surface area contributed by atoms with Crippen LogP contribution in [0.2, 0.25) is 0 Å². The Morgan fingerprint density at radius 2 is 1.61 bits per heavy atom. The molecule has 1 fully saturated rings. The minimum atomic E-state index is 0. The molecule has 0 N–H and O–H groups in total. The average molecular weight is 351 g/mol. The van der Waals surface area contributed by atoms with Crippen molar-refractivity contribution in [1.29, 1.82) is 0 Å². The third-order valence-corrected chi connectivity index (χ3v) is 4.86. The van der Waals surface area contributed by atoms with E-state index < -0.39 is 0 Å². The van der Waals surface area contributed by atoms with Gasteiger partial charge in [-0.15, -0.1) is 24.8 Å². The van der Waals surface area contributed by atoms with Crippen molar-refractivity contribution in [3.05, 3.63) is 65.7 Å². The molecule has 2 aliphatic rings. The van der Waals surface area contributed by atoms with E-state index in [9.17, 15) is 0 Å². The Labute approximate surface area is 151 Å². The van der Waals surface area contributed by atoms with Crippen LogP contribution >= 0.6 is 24.8 Å². The van der Waals surface area contributed by atoms with Crippen LogP contribution in [0.3, 0.4) is 0 Å².